The van der Waals surface area contributed by atoms with E-state index in [9.17, 15) is 4.79 Å². The summed E-state index contributed by atoms with van der Waals surface area (Å²) >= 11 is 11.8. The van der Waals surface area contributed by atoms with Gasteiger partial charge >= 0.3 is 0 Å². The summed E-state index contributed by atoms with van der Waals surface area (Å²) in [5.74, 6) is 1.13. The van der Waals surface area contributed by atoms with Crippen LogP contribution in [0.5, 0.6) is 0 Å². The lowest BCUT2D eigenvalue weighted by molar-refractivity contribution is 0.102. The highest BCUT2D eigenvalue weighted by molar-refractivity contribution is 6.42. The molecule has 1 aliphatic heterocycles. The third kappa shape index (κ3) is 3.97. The van der Waals surface area contributed by atoms with Crippen LogP contribution in [0.3, 0.4) is 0 Å². The largest absolute Gasteiger partial charge is 0.355 e. The Morgan fingerprint density at radius 1 is 1.21 bits per heavy atom. The summed E-state index contributed by atoms with van der Waals surface area (Å²) in [6.45, 7) is 4.19. The van der Waals surface area contributed by atoms with Gasteiger partial charge in [-0.05, 0) is 49.1 Å². The van der Waals surface area contributed by atoms with Gasteiger partial charge in [-0.25, -0.2) is 0 Å². The predicted molar refractivity (Wildman–Crippen MR) is 97.1 cm³/mol. The third-order valence-corrected chi connectivity index (χ3v) is 4.78. The molecule has 126 valence electrons. The van der Waals surface area contributed by atoms with Gasteiger partial charge in [-0.3, -0.25) is 4.79 Å². The van der Waals surface area contributed by atoms with Gasteiger partial charge in [0.05, 0.1) is 10.0 Å². The van der Waals surface area contributed by atoms with Crippen LogP contribution in [0.25, 0.3) is 0 Å². The topological polar surface area (TPSA) is 58.1 Å². The van der Waals surface area contributed by atoms with Crippen molar-refractivity contribution < 1.29 is 4.79 Å². The highest BCUT2D eigenvalue weighted by Crippen LogP contribution is 2.25. The molecule has 2 aromatic rings. The molecule has 1 saturated heterocycles. The molecular weight excluding hydrogens is 347 g/mol. The molecule has 0 spiro atoms. The number of aromatic nitrogens is 2. The van der Waals surface area contributed by atoms with Crippen molar-refractivity contribution in [1.82, 2.24) is 10.2 Å². The van der Waals surface area contributed by atoms with Crippen molar-refractivity contribution in [1.29, 1.82) is 0 Å². The summed E-state index contributed by atoms with van der Waals surface area (Å²) in [5.41, 5.74) is 0.819. The first-order valence-electron chi connectivity index (χ1n) is 7.88. The smallest absolute Gasteiger partial charge is 0.276 e. The molecular formula is C17H18Cl2N4O. The molecule has 1 atom stereocenters. The molecule has 0 radical (unpaired) electrons. The number of carbonyl (C=O) groups excluding carboxylic acids is 1. The van der Waals surface area contributed by atoms with Crippen molar-refractivity contribution in [2.45, 2.75) is 19.8 Å². The number of nitrogens with zero attached hydrogens (tertiary/aromatic N) is 3. The summed E-state index contributed by atoms with van der Waals surface area (Å²) in [4.78, 5) is 14.5. The number of piperidine rings is 1. The number of hydrogen-bond donors (Lipinski definition) is 1. The number of hydrogen-bond acceptors (Lipinski definition) is 4. The van der Waals surface area contributed by atoms with E-state index in [1.54, 1.807) is 24.3 Å². The maximum atomic E-state index is 12.2. The second-order valence-corrected chi connectivity index (χ2v) is 6.87. The third-order valence-electron chi connectivity index (χ3n) is 4.04. The number of benzene rings is 1. The van der Waals surface area contributed by atoms with E-state index in [1.807, 2.05) is 6.07 Å². The Kier molecular flexibility index (Phi) is 5.21. The monoisotopic (exact) mass is 364 g/mol. The maximum absolute atomic E-state index is 12.2. The molecule has 1 unspecified atom stereocenters. The summed E-state index contributed by atoms with van der Waals surface area (Å²) in [7, 11) is 0. The summed E-state index contributed by atoms with van der Waals surface area (Å²) in [6, 6.07) is 8.44. The fraction of sp³-hybridized carbons (Fsp3) is 0.353. The second-order valence-electron chi connectivity index (χ2n) is 6.05. The van der Waals surface area contributed by atoms with Crippen LogP contribution >= 0.6 is 23.2 Å². The normalized spacial score (nSPS) is 17.6. The van der Waals surface area contributed by atoms with Crippen LogP contribution in [0.15, 0.2) is 30.3 Å². The Bertz CT molecular complexity index is 736. The number of carbonyl (C=O) groups is 1. The molecule has 1 aliphatic rings. The van der Waals surface area contributed by atoms with Gasteiger partial charge in [0.15, 0.2) is 11.5 Å². The number of rotatable bonds is 3. The van der Waals surface area contributed by atoms with Crippen LogP contribution in [0.1, 0.15) is 30.3 Å². The van der Waals surface area contributed by atoms with Gasteiger partial charge in [-0.1, -0.05) is 30.1 Å². The maximum Gasteiger partial charge on any atom is 0.276 e. The van der Waals surface area contributed by atoms with Gasteiger partial charge in [0, 0.05) is 18.8 Å². The first kappa shape index (κ1) is 17.0. The molecule has 1 aromatic carbocycles. The first-order valence-corrected chi connectivity index (χ1v) is 8.63. The minimum Gasteiger partial charge on any atom is -0.355 e. The SMILES string of the molecule is CC1CCCN(c2ccc(C(=O)Nc3ccc(Cl)c(Cl)c3)nn2)C1. The average Bonchev–Trinajstić information content (AvgIpc) is 2.58. The number of amides is 1. The summed E-state index contributed by atoms with van der Waals surface area (Å²) in [5, 5.41) is 11.8. The fourth-order valence-electron chi connectivity index (χ4n) is 2.78. The fourth-order valence-corrected chi connectivity index (χ4v) is 3.08. The van der Waals surface area contributed by atoms with Crippen LogP contribution in [0.2, 0.25) is 10.0 Å². The number of nitrogens with one attached hydrogen (secondary N) is 1. The van der Waals surface area contributed by atoms with Crippen LogP contribution in [-0.4, -0.2) is 29.2 Å². The van der Waals surface area contributed by atoms with E-state index in [-0.39, 0.29) is 11.6 Å². The standard InChI is InChI=1S/C17H18Cl2N4O/c1-11-3-2-8-23(10-11)16-7-6-15(21-22-16)17(24)20-12-4-5-13(18)14(19)9-12/h4-7,9,11H,2-3,8,10H2,1H3,(H,20,24). The van der Waals surface area contributed by atoms with E-state index < -0.39 is 0 Å². The highest BCUT2D eigenvalue weighted by Gasteiger charge is 2.18. The molecule has 1 fully saturated rings. The van der Waals surface area contributed by atoms with E-state index in [1.165, 1.54) is 6.42 Å². The zero-order valence-electron chi connectivity index (χ0n) is 13.3. The van der Waals surface area contributed by atoms with Crippen molar-refractivity contribution >= 4 is 40.6 Å². The highest BCUT2D eigenvalue weighted by atomic mass is 35.5. The van der Waals surface area contributed by atoms with Gasteiger partial charge in [-0.2, -0.15) is 0 Å². The Balaban J connectivity index is 1.68. The van der Waals surface area contributed by atoms with E-state index in [0.717, 1.165) is 25.3 Å². The van der Waals surface area contributed by atoms with Gasteiger partial charge in [0.2, 0.25) is 0 Å². The van der Waals surface area contributed by atoms with Crippen molar-refractivity contribution in [2.75, 3.05) is 23.3 Å². The minimum atomic E-state index is -0.334. The van der Waals surface area contributed by atoms with Crippen molar-refractivity contribution in [3.05, 3.63) is 46.1 Å². The Morgan fingerprint density at radius 2 is 2.04 bits per heavy atom. The van der Waals surface area contributed by atoms with Crippen LogP contribution in [0, 0.1) is 5.92 Å². The van der Waals surface area contributed by atoms with E-state index in [2.05, 4.69) is 27.3 Å². The minimum absolute atomic E-state index is 0.259. The van der Waals surface area contributed by atoms with Crippen molar-refractivity contribution in [2.24, 2.45) is 5.92 Å². The van der Waals surface area contributed by atoms with Crippen molar-refractivity contribution in [3.8, 4) is 0 Å². The molecule has 1 N–H and O–H groups in total. The lowest BCUT2D eigenvalue weighted by Crippen LogP contribution is -2.35. The summed E-state index contributed by atoms with van der Waals surface area (Å²) in [6.07, 6.45) is 2.40. The summed E-state index contributed by atoms with van der Waals surface area (Å²) < 4.78 is 0. The number of anilines is 2. The quantitative estimate of drug-likeness (QED) is 0.883. The van der Waals surface area contributed by atoms with E-state index in [0.29, 0.717) is 21.7 Å². The molecule has 24 heavy (non-hydrogen) atoms. The van der Waals surface area contributed by atoms with E-state index in [4.69, 9.17) is 23.2 Å². The molecule has 3 rings (SSSR count). The molecule has 5 nitrogen and oxygen atoms in total. The molecule has 2 heterocycles. The first-order chi connectivity index (χ1) is 11.5. The van der Waals surface area contributed by atoms with Crippen molar-refractivity contribution in [3.63, 3.8) is 0 Å². The molecule has 0 saturated carbocycles. The zero-order chi connectivity index (χ0) is 17.1. The molecule has 1 amide bonds. The van der Waals surface area contributed by atoms with E-state index >= 15 is 0 Å². The molecule has 1 aromatic heterocycles. The predicted octanol–water partition coefficient (Wildman–Crippen LogP) is 4.27. The number of halogens is 2. The molecule has 7 heteroatoms. The Labute approximate surface area is 151 Å². The Morgan fingerprint density at radius 3 is 2.71 bits per heavy atom. The van der Waals surface area contributed by atoms with Gasteiger partial charge in [0.25, 0.3) is 5.91 Å². The Hall–Kier alpha value is -1.85. The second kappa shape index (κ2) is 7.36. The lowest BCUT2D eigenvalue weighted by Gasteiger charge is -2.31. The van der Waals surface area contributed by atoms with Gasteiger partial charge < -0.3 is 10.2 Å². The average molecular weight is 365 g/mol. The van der Waals surface area contributed by atoms with Gasteiger partial charge in [0.1, 0.15) is 0 Å². The zero-order valence-corrected chi connectivity index (χ0v) is 14.8. The van der Waals surface area contributed by atoms with Crippen LogP contribution in [-0.2, 0) is 0 Å². The van der Waals surface area contributed by atoms with Gasteiger partial charge in [-0.15, -0.1) is 10.2 Å². The molecule has 0 bridgehead atoms. The lowest BCUT2D eigenvalue weighted by atomic mass is 10.0. The van der Waals surface area contributed by atoms with Crippen LogP contribution in [0.4, 0.5) is 11.5 Å². The molecule has 0 aliphatic carbocycles. The van der Waals surface area contributed by atoms with Crippen LogP contribution < -0.4 is 10.2 Å².